The first kappa shape index (κ1) is 9.97. The molecule has 1 aromatic rings. The van der Waals surface area contributed by atoms with E-state index in [1.807, 2.05) is 0 Å². The highest BCUT2D eigenvalue weighted by molar-refractivity contribution is 7.18. The van der Waals surface area contributed by atoms with Crippen molar-refractivity contribution in [2.45, 2.75) is 13.0 Å². The number of anilines is 2. The number of likely N-dealkylation sites (N-methyl/N-ethyl adjacent to an activating group) is 1. The molecule has 1 amide bonds. The van der Waals surface area contributed by atoms with E-state index in [0.29, 0.717) is 5.69 Å². The molecule has 2 N–H and O–H groups in total. The van der Waals surface area contributed by atoms with Crippen molar-refractivity contribution in [1.29, 1.82) is 0 Å². The quantitative estimate of drug-likeness (QED) is 0.755. The molecule has 1 aromatic heterocycles. The number of rotatable bonds is 1. The lowest BCUT2D eigenvalue weighted by molar-refractivity contribution is -0.117. The molecule has 0 aliphatic carbocycles. The lowest BCUT2D eigenvalue weighted by Gasteiger charge is -2.30. The van der Waals surface area contributed by atoms with Crippen molar-refractivity contribution in [3.8, 4) is 0 Å². The molecule has 1 atom stereocenters. The highest BCUT2D eigenvalue weighted by Crippen LogP contribution is 2.39. The molecule has 1 aliphatic heterocycles. The number of fused-ring (bicyclic) bond motifs is 1. The molecule has 1 aliphatic rings. The fourth-order valence-corrected chi connectivity index (χ4v) is 2.42. The summed E-state index contributed by atoms with van der Waals surface area (Å²) in [6.45, 7) is 1.78. The highest BCUT2D eigenvalue weighted by Gasteiger charge is 2.29. The number of carbonyl (C=O) groups excluding carboxylic acids is 1. The number of nitrogens with zero attached hydrogens (tertiary/aromatic N) is 1. The van der Waals surface area contributed by atoms with E-state index < -0.39 is 5.97 Å². The van der Waals surface area contributed by atoms with Gasteiger partial charge in [-0.15, -0.1) is 11.3 Å². The Hall–Kier alpha value is -1.56. The third kappa shape index (κ3) is 1.46. The molecule has 0 saturated heterocycles. The van der Waals surface area contributed by atoms with Crippen LogP contribution in [0.25, 0.3) is 0 Å². The maximum absolute atomic E-state index is 11.5. The molecule has 0 fully saturated rings. The molecular formula is C9H10N2O3S. The van der Waals surface area contributed by atoms with Gasteiger partial charge in [-0.2, -0.15) is 0 Å². The Morgan fingerprint density at radius 1 is 1.67 bits per heavy atom. The second-order valence-electron chi connectivity index (χ2n) is 3.41. The van der Waals surface area contributed by atoms with E-state index in [1.54, 1.807) is 18.9 Å². The third-order valence-corrected chi connectivity index (χ3v) is 3.68. The second kappa shape index (κ2) is 3.23. The van der Waals surface area contributed by atoms with E-state index in [9.17, 15) is 9.59 Å². The molecule has 2 rings (SSSR count). The molecule has 0 saturated carbocycles. The monoisotopic (exact) mass is 226 g/mol. The summed E-state index contributed by atoms with van der Waals surface area (Å²) in [6, 6.07) is 1.22. The van der Waals surface area contributed by atoms with E-state index in [0.717, 1.165) is 5.00 Å². The predicted molar refractivity (Wildman–Crippen MR) is 57.8 cm³/mol. The normalized spacial score (nSPS) is 19.7. The van der Waals surface area contributed by atoms with Crippen LogP contribution in [-0.4, -0.2) is 30.1 Å². The minimum absolute atomic E-state index is 0.111. The summed E-state index contributed by atoms with van der Waals surface area (Å²) in [5.41, 5.74) is 0.586. The summed E-state index contributed by atoms with van der Waals surface area (Å²) >= 11 is 1.17. The van der Waals surface area contributed by atoms with Crippen molar-refractivity contribution in [3.63, 3.8) is 0 Å². The Kier molecular flexibility index (Phi) is 2.15. The van der Waals surface area contributed by atoms with Gasteiger partial charge < -0.3 is 15.3 Å². The van der Waals surface area contributed by atoms with Gasteiger partial charge in [0.2, 0.25) is 5.91 Å². The molecule has 80 valence electrons. The Balaban J connectivity index is 2.47. The zero-order valence-corrected chi connectivity index (χ0v) is 9.09. The number of amides is 1. The van der Waals surface area contributed by atoms with Crippen molar-refractivity contribution in [2.24, 2.45) is 0 Å². The third-order valence-electron chi connectivity index (χ3n) is 2.46. The van der Waals surface area contributed by atoms with Crippen LogP contribution in [0.3, 0.4) is 0 Å². The second-order valence-corrected chi connectivity index (χ2v) is 4.44. The molecule has 0 spiro atoms. The highest BCUT2D eigenvalue weighted by atomic mass is 32.1. The summed E-state index contributed by atoms with van der Waals surface area (Å²) < 4.78 is 0. The van der Waals surface area contributed by atoms with Crippen molar-refractivity contribution in [2.75, 3.05) is 17.3 Å². The molecule has 0 aromatic carbocycles. The minimum Gasteiger partial charge on any atom is -0.477 e. The summed E-state index contributed by atoms with van der Waals surface area (Å²) in [5, 5.41) is 12.3. The van der Waals surface area contributed by atoms with Gasteiger partial charge in [-0.05, 0) is 13.0 Å². The molecule has 2 heterocycles. The van der Waals surface area contributed by atoms with Gasteiger partial charge in [-0.1, -0.05) is 0 Å². The van der Waals surface area contributed by atoms with Crippen LogP contribution >= 0.6 is 11.3 Å². The van der Waals surface area contributed by atoms with Crippen LogP contribution in [0.1, 0.15) is 16.6 Å². The Labute approximate surface area is 90.3 Å². The lowest BCUT2D eigenvalue weighted by Crippen LogP contribution is -2.43. The fraction of sp³-hybridized carbons (Fsp3) is 0.333. The van der Waals surface area contributed by atoms with Crippen LogP contribution in [0.5, 0.6) is 0 Å². The predicted octanol–water partition coefficient (Wildman–Crippen LogP) is 1.22. The zero-order chi connectivity index (χ0) is 11.2. The smallest absolute Gasteiger partial charge is 0.346 e. The lowest BCUT2D eigenvalue weighted by atomic mass is 10.2. The standard InChI is InChI=1S/C9H10N2O3S/c1-4-7(12)10-5-3-6(9(13)14)15-8(5)11(4)2/h3-4H,1-2H3,(H,10,12)(H,13,14). The van der Waals surface area contributed by atoms with Gasteiger partial charge in [-0.25, -0.2) is 4.79 Å². The number of carboxylic acid groups (broad SMARTS) is 1. The number of nitrogens with one attached hydrogen (secondary N) is 1. The fourth-order valence-electron chi connectivity index (χ4n) is 1.43. The largest absolute Gasteiger partial charge is 0.477 e. The number of hydrogen-bond acceptors (Lipinski definition) is 4. The number of aromatic carboxylic acids is 1. The maximum Gasteiger partial charge on any atom is 0.346 e. The van der Waals surface area contributed by atoms with Crippen LogP contribution in [0.15, 0.2) is 6.07 Å². The van der Waals surface area contributed by atoms with Gasteiger partial charge in [0.1, 0.15) is 15.9 Å². The van der Waals surface area contributed by atoms with Crippen LogP contribution in [-0.2, 0) is 4.79 Å². The van der Waals surface area contributed by atoms with E-state index in [4.69, 9.17) is 5.11 Å². The SMILES string of the molecule is CC1C(=O)Nc2cc(C(=O)O)sc2N1C. The summed E-state index contributed by atoms with van der Waals surface area (Å²) in [5.74, 6) is -1.08. The molecule has 1 unspecified atom stereocenters. The van der Waals surface area contributed by atoms with E-state index >= 15 is 0 Å². The van der Waals surface area contributed by atoms with E-state index in [1.165, 1.54) is 17.4 Å². The van der Waals surface area contributed by atoms with Gasteiger partial charge in [-0.3, -0.25) is 4.79 Å². The van der Waals surface area contributed by atoms with Crippen LogP contribution in [0, 0.1) is 0 Å². The van der Waals surface area contributed by atoms with Crippen LogP contribution in [0.2, 0.25) is 0 Å². The Morgan fingerprint density at radius 3 is 2.93 bits per heavy atom. The van der Waals surface area contributed by atoms with Crippen molar-refractivity contribution in [1.82, 2.24) is 0 Å². The molecule has 6 heteroatoms. The molecular weight excluding hydrogens is 216 g/mol. The molecule has 0 bridgehead atoms. The molecule has 0 radical (unpaired) electrons. The van der Waals surface area contributed by atoms with E-state index in [-0.39, 0.29) is 16.8 Å². The Bertz CT molecular complexity index is 441. The van der Waals surface area contributed by atoms with Gasteiger partial charge in [0, 0.05) is 7.05 Å². The van der Waals surface area contributed by atoms with Crippen molar-refractivity contribution < 1.29 is 14.7 Å². The average molecular weight is 226 g/mol. The number of hydrogen-bond donors (Lipinski definition) is 2. The average Bonchev–Trinajstić information content (AvgIpc) is 2.58. The summed E-state index contributed by atoms with van der Waals surface area (Å²) in [7, 11) is 1.78. The van der Waals surface area contributed by atoms with Gasteiger partial charge in [0.15, 0.2) is 0 Å². The molecule has 15 heavy (non-hydrogen) atoms. The number of thiophene rings is 1. The van der Waals surface area contributed by atoms with Gasteiger partial charge >= 0.3 is 5.97 Å². The summed E-state index contributed by atoms with van der Waals surface area (Å²) in [4.78, 5) is 24.2. The van der Waals surface area contributed by atoms with Crippen molar-refractivity contribution in [3.05, 3.63) is 10.9 Å². The Morgan fingerprint density at radius 2 is 2.33 bits per heavy atom. The topological polar surface area (TPSA) is 69.6 Å². The maximum atomic E-state index is 11.5. The first-order valence-electron chi connectivity index (χ1n) is 4.41. The zero-order valence-electron chi connectivity index (χ0n) is 8.27. The van der Waals surface area contributed by atoms with E-state index in [2.05, 4.69) is 5.32 Å². The number of carboxylic acids is 1. The van der Waals surface area contributed by atoms with Gasteiger partial charge in [0.25, 0.3) is 0 Å². The first-order chi connectivity index (χ1) is 7.00. The van der Waals surface area contributed by atoms with Crippen LogP contribution in [0.4, 0.5) is 10.7 Å². The summed E-state index contributed by atoms with van der Waals surface area (Å²) in [6.07, 6.45) is 0. The number of carbonyl (C=O) groups is 2. The minimum atomic E-state index is -0.968. The van der Waals surface area contributed by atoms with Crippen LogP contribution < -0.4 is 10.2 Å². The van der Waals surface area contributed by atoms with Gasteiger partial charge in [0.05, 0.1) is 5.69 Å². The first-order valence-corrected chi connectivity index (χ1v) is 5.23. The van der Waals surface area contributed by atoms with Crippen molar-refractivity contribution >= 4 is 33.9 Å². The molecule has 5 nitrogen and oxygen atoms in total.